The van der Waals surface area contributed by atoms with Gasteiger partial charge in [-0.3, -0.25) is 0 Å². The number of hydrogen-bond acceptors (Lipinski definition) is 1. The maximum absolute atomic E-state index is 2.55. The first-order valence-electron chi connectivity index (χ1n) is 13.6. The van der Waals surface area contributed by atoms with Crippen LogP contribution in [0.15, 0.2) is 140 Å². The third-order valence-electron chi connectivity index (χ3n) is 8.56. The number of rotatable bonds is 4. The minimum absolute atomic E-state index is 0.112. The molecule has 0 fully saturated rings. The van der Waals surface area contributed by atoms with E-state index >= 15 is 0 Å². The van der Waals surface area contributed by atoms with Crippen LogP contribution >= 0.6 is 0 Å². The first-order chi connectivity index (χ1) is 19.4. The zero-order valence-corrected chi connectivity index (χ0v) is 21.3. The Morgan fingerprint density at radius 3 is 1.38 bits per heavy atom. The largest absolute Gasteiger partial charge is 0.311 e. The summed E-state index contributed by atoms with van der Waals surface area (Å²) in [6, 6.07) is 51.0. The highest BCUT2D eigenvalue weighted by molar-refractivity contribution is 6.99. The fraction of sp³-hybridized carbons (Fsp3) is 0. The SMILES string of the molecule is c1ccc(N(c2ccccc2)c2ccccc2B2c3cccc4c5cccc6c7cccc2c7n(c34)c56)cc1. The summed E-state index contributed by atoms with van der Waals surface area (Å²) in [4.78, 5) is 2.40. The van der Waals surface area contributed by atoms with E-state index in [1.807, 2.05) is 0 Å². The first kappa shape index (κ1) is 21.0. The van der Waals surface area contributed by atoms with Gasteiger partial charge in [0.1, 0.15) is 0 Å². The number of anilines is 3. The molecule has 8 aromatic rings. The Morgan fingerprint density at radius 2 is 0.821 bits per heavy atom. The molecule has 6 aromatic carbocycles. The van der Waals surface area contributed by atoms with Crippen LogP contribution in [0.2, 0.25) is 0 Å². The van der Waals surface area contributed by atoms with Gasteiger partial charge in [0.25, 0.3) is 0 Å². The summed E-state index contributed by atoms with van der Waals surface area (Å²) in [6.07, 6.45) is 0. The summed E-state index contributed by atoms with van der Waals surface area (Å²) in [7, 11) is 0. The zero-order valence-electron chi connectivity index (χ0n) is 21.3. The number of benzene rings is 6. The van der Waals surface area contributed by atoms with E-state index in [-0.39, 0.29) is 6.71 Å². The van der Waals surface area contributed by atoms with Crippen LogP contribution in [0.5, 0.6) is 0 Å². The number of para-hydroxylation sites is 6. The van der Waals surface area contributed by atoms with Gasteiger partial charge in [0.2, 0.25) is 6.71 Å². The van der Waals surface area contributed by atoms with Crippen molar-refractivity contribution < 1.29 is 0 Å². The van der Waals surface area contributed by atoms with Gasteiger partial charge in [-0.25, -0.2) is 0 Å². The standard InChI is InChI=1S/C36H23BN2/c1-3-12-24(13-4-1)38(25-14-5-2-6-15-25)33-23-8-7-20-30(33)37-31-21-10-18-28-26-16-9-17-27-29-19-11-22-32(37)36(29)39(34(26)27)35(28)31/h1-23H. The van der Waals surface area contributed by atoms with Crippen molar-refractivity contribution in [2.45, 2.75) is 0 Å². The molecule has 2 nitrogen and oxygen atoms in total. The highest BCUT2D eigenvalue weighted by Gasteiger charge is 2.35. The van der Waals surface area contributed by atoms with E-state index < -0.39 is 0 Å². The Morgan fingerprint density at radius 1 is 0.385 bits per heavy atom. The average molecular weight is 494 g/mol. The van der Waals surface area contributed by atoms with E-state index in [1.165, 1.54) is 60.2 Å². The Kier molecular flexibility index (Phi) is 4.17. The molecule has 0 N–H and O–H groups in total. The van der Waals surface area contributed by atoms with Crippen LogP contribution in [0.4, 0.5) is 17.1 Å². The molecule has 0 saturated heterocycles. The second-order valence-electron chi connectivity index (χ2n) is 10.5. The lowest BCUT2D eigenvalue weighted by Crippen LogP contribution is -2.55. The Balaban J connectivity index is 1.40. The van der Waals surface area contributed by atoms with Crippen molar-refractivity contribution in [3.05, 3.63) is 140 Å². The summed E-state index contributed by atoms with van der Waals surface area (Å²) < 4.78 is 2.55. The van der Waals surface area contributed by atoms with Gasteiger partial charge < -0.3 is 9.30 Å². The third-order valence-corrected chi connectivity index (χ3v) is 8.56. The van der Waals surface area contributed by atoms with E-state index in [0.29, 0.717) is 0 Å². The van der Waals surface area contributed by atoms with Gasteiger partial charge in [-0.05, 0) is 46.7 Å². The molecule has 3 heterocycles. The summed E-state index contributed by atoms with van der Waals surface area (Å²) in [5.41, 5.74) is 11.6. The highest BCUT2D eigenvalue weighted by atomic mass is 15.1. The van der Waals surface area contributed by atoms with Crippen molar-refractivity contribution in [1.29, 1.82) is 0 Å². The molecule has 0 atom stereocenters. The maximum atomic E-state index is 2.55. The van der Waals surface area contributed by atoms with E-state index in [4.69, 9.17) is 0 Å². The van der Waals surface area contributed by atoms with Crippen LogP contribution in [-0.4, -0.2) is 11.1 Å². The fourth-order valence-corrected chi connectivity index (χ4v) is 7.10. The fourth-order valence-electron chi connectivity index (χ4n) is 7.10. The van der Waals surface area contributed by atoms with Gasteiger partial charge in [0.15, 0.2) is 0 Å². The lowest BCUT2D eigenvalue weighted by Gasteiger charge is -2.31. The molecule has 2 aromatic heterocycles. The first-order valence-corrected chi connectivity index (χ1v) is 13.6. The average Bonchev–Trinajstić information content (AvgIpc) is 3.53. The van der Waals surface area contributed by atoms with Gasteiger partial charge in [0.05, 0.1) is 5.52 Å². The van der Waals surface area contributed by atoms with Gasteiger partial charge in [-0.2, -0.15) is 0 Å². The van der Waals surface area contributed by atoms with Crippen molar-refractivity contribution in [2.75, 3.05) is 4.90 Å². The Labute approximate surface area is 226 Å². The molecule has 0 spiro atoms. The van der Waals surface area contributed by atoms with E-state index in [0.717, 1.165) is 11.4 Å². The molecule has 0 radical (unpaired) electrons. The predicted molar refractivity (Wildman–Crippen MR) is 167 cm³/mol. The summed E-state index contributed by atoms with van der Waals surface area (Å²) in [5.74, 6) is 0. The molecule has 39 heavy (non-hydrogen) atoms. The Hall–Kier alpha value is -5.02. The van der Waals surface area contributed by atoms with Crippen molar-refractivity contribution in [2.24, 2.45) is 0 Å². The van der Waals surface area contributed by atoms with Gasteiger partial charge in [-0.15, -0.1) is 0 Å². The lowest BCUT2D eigenvalue weighted by molar-refractivity contribution is 1.29. The van der Waals surface area contributed by atoms with E-state index in [9.17, 15) is 0 Å². The van der Waals surface area contributed by atoms with Crippen molar-refractivity contribution in [3.63, 3.8) is 0 Å². The highest BCUT2D eigenvalue weighted by Crippen LogP contribution is 2.40. The van der Waals surface area contributed by atoms with Crippen molar-refractivity contribution >= 4 is 78.3 Å². The molecular weight excluding hydrogens is 471 g/mol. The van der Waals surface area contributed by atoms with E-state index in [1.54, 1.807) is 0 Å². The minimum atomic E-state index is 0.112. The van der Waals surface area contributed by atoms with Crippen molar-refractivity contribution in [3.8, 4) is 0 Å². The topological polar surface area (TPSA) is 7.65 Å². The second kappa shape index (κ2) is 7.75. The summed E-state index contributed by atoms with van der Waals surface area (Å²) in [5, 5.41) is 5.37. The maximum Gasteiger partial charge on any atom is 0.249 e. The number of hydrogen-bond donors (Lipinski definition) is 0. The number of aromatic nitrogens is 1. The second-order valence-corrected chi connectivity index (χ2v) is 10.5. The quantitative estimate of drug-likeness (QED) is 0.236. The molecule has 0 bridgehead atoms. The number of fused-ring (bicyclic) bond motifs is 2. The van der Waals surface area contributed by atoms with Crippen LogP contribution in [0.25, 0.3) is 38.1 Å². The smallest absolute Gasteiger partial charge is 0.249 e. The molecule has 180 valence electrons. The van der Waals surface area contributed by atoms with Gasteiger partial charge in [-0.1, -0.05) is 109 Å². The third kappa shape index (κ3) is 2.72. The molecule has 1 aliphatic heterocycles. The lowest BCUT2D eigenvalue weighted by atomic mass is 9.35. The van der Waals surface area contributed by atoms with Gasteiger partial charge in [0, 0.05) is 49.6 Å². The monoisotopic (exact) mass is 494 g/mol. The molecule has 0 unspecified atom stereocenters. The molecule has 3 heteroatoms. The molecule has 0 saturated carbocycles. The van der Waals surface area contributed by atoms with Gasteiger partial charge >= 0.3 is 0 Å². The normalized spacial score (nSPS) is 12.6. The molecule has 0 aliphatic carbocycles. The Bertz CT molecular complexity index is 2050. The van der Waals surface area contributed by atoms with Crippen LogP contribution in [0, 0.1) is 0 Å². The van der Waals surface area contributed by atoms with Crippen molar-refractivity contribution in [1.82, 2.24) is 4.40 Å². The molecule has 9 rings (SSSR count). The van der Waals surface area contributed by atoms with Crippen LogP contribution in [0.1, 0.15) is 0 Å². The summed E-state index contributed by atoms with van der Waals surface area (Å²) >= 11 is 0. The molecule has 1 aliphatic rings. The van der Waals surface area contributed by atoms with Crippen LogP contribution in [-0.2, 0) is 0 Å². The van der Waals surface area contributed by atoms with E-state index in [2.05, 4.69) is 149 Å². The predicted octanol–water partition coefficient (Wildman–Crippen LogP) is 7.14. The van der Waals surface area contributed by atoms with Crippen LogP contribution in [0.3, 0.4) is 0 Å². The zero-order chi connectivity index (χ0) is 25.5. The molecule has 0 amide bonds. The minimum Gasteiger partial charge on any atom is -0.311 e. The molecular formula is C36H23BN2. The number of nitrogens with zero attached hydrogens (tertiary/aromatic N) is 2. The summed E-state index contributed by atoms with van der Waals surface area (Å²) in [6.45, 7) is 0.112. The van der Waals surface area contributed by atoms with Crippen LogP contribution < -0.4 is 21.3 Å².